The first-order chi connectivity index (χ1) is 9.09. The molecule has 2 rings (SSSR count). The first-order valence-corrected chi connectivity index (χ1v) is 6.78. The molecule has 2 N–H and O–H groups in total. The highest BCUT2D eigenvalue weighted by molar-refractivity contribution is 5.78. The molecule has 0 unspecified atom stereocenters. The van der Waals surface area contributed by atoms with Gasteiger partial charge in [0.1, 0.15) is 0 Å². The maximum absolute atomic E-state index is 6.05. The molecule has 0 amide bonds. The van der Waals surface area contributed by atoms with Gasteiger partial charge in [0, 0.05) is 18.5 Å². The molecule has 1 aliphatic heterocycles. The molecule has 0 spiro atoms. The Bertz CT molecular complexity index is 422. The average Bonchev–Trinajstić information content (AvgIpc) is 2.47. The summed E-state index contributed by atoms with van der Waals surface area (Å²) in [6.45, 7) is 8.22. The first kappa shape index (κ1) is 13.9. The van der Waals surface area contributed by atoms with E-state index >= 15 is 0 Å². The molecule has 1 aromatic rings. The Morgan fingerprint density at radius 2 is 1.89 bits per heavy atom. The summed E-state index contributed by atoms with van der Waals surface area (Å²) in [4.78, 5) is 6.65. The molecule has 19 heavy (non-hydrogen) atoms. The van der Waals surface area contributed by atoms with Crippen LogP contribution in [0, 0.1) is 0 Å². The van der Waals surface area contributed by atoms with E-state index in [0.29, 0.717) is 12.5 Å². The van der Waals surface area contributed by atoms with E-state index in [2.05, 4.69) is 48.0 Å². The van der Waals surface area contributed by atoms with Crippen LogP contribution in [0.1, 0.15) is 19.4 Å². The van der Waals surface area contributed by atoms with E-state index in [-0.39, 0.29) is 5.41 Å². The minimum Gasteiger partial charge on any atom is -0.378 e. The van der Waals surface area contributed by atoms with Crippen LogP contribution in [0.3, 0.4) is 0 Å². The maximum atomic E-state index is 6.05. The Balaban J connectivity index is 2.00. The van der Waals surface area contributed by atoms with E-state index in [0.717, 1.165) is 26.3 Å². The van der Waals surface area contributed by atoms with Gasteiger partial charge in [-0.05, 0) is 5.56 Å². The van der Waals surface area contributed by atoms with Crippen LogP contribution in [0.4, 0.5) is 0 Å². The number of rotatable bonds is 3. The van der Waals surface area contributed by atoms with E-state index < -0.39 is 0 Å². The summed E-state index contributed by atoms with van der Waals surface area (Å²) in [7, 11) is 0. The van der Waals surface area contributed by atoms with Crippen molar-refractivity contribution in [2.45, 2.75) is 19.3 Å². The zero-order chi connectivity index (χ0) is 13.7. The zero-order valence-corrected chi connectivity index (χ0v) is 11.8. The van der Waals surface area contributed by atoms with Crippen LogP contribution >= 0.6 is 0 Å². The van der Waals surface area contributed by atoms with Gasteiger partial charge in [-0.3, -0.25) is 4.99 Å². The summed E-state index contributed by atoms with van der Waals surface area (Å²) in [5.41, 5.74) is 7.34. The van der Waals surface area contributed by atoms with Crippen LogP contribution in [-0.2, 0) is 10.2 Å². The van der Waals surface area contributed by atoms with Crippen LogP contribution < -0.4 is 5.73 Å². The Labute approximate surface area is 115 Å². The summed E-state index contributed by atoms with van der Waals surface area (Å²) in [5.74, 6) is 0.632. The highest BCUT2D eigenvalue weighted by Gasteiger charge is 2.20. The summed E-state index contributed by atoms with van der Waals surface area (Å²) < 4.78 is 5.31. The van der Waals surface area contributed by atoms with Gasteiger partial charge in [0.25, 0.3) is 0 Å². The number of nitrogens with two attached hydrogens (primary N) is 1. The Kier molecular flexibility index (Phi) is 4.43. The van der Waals surface area contributed by atoms with Crippen molar-refractivity contribution < 1.29 is 4.74 Å². The van der Waals surface area contributed by atoms with E-state index in [1.165, 1.54) is 5.56 Å². The van der Waals surface area contributed by atoms with E-state index in [1.54, 1.807) is 0 Å². The number of guanidine groups is 1. The second kappa shape index (κ2) is 6.06. The number of aliphatic imine (C=N–C) groups is 1. The Hall–Kier alpha value is -1.55. The molecule has 0 aromatic heterocycles. The van der Waals surface area contributed by atoms with Crippen molar-refractivity contribution in [1.29, 1.82) is 0 Å². The SMILES string of the molecule is CC(C)(CN=C(N)N1CCOCC1)c1ccccc1. The predicted octanol–water partition coefficient (Wildman–Crippen LogP) is 1.61. The molecule has 0 aliphatic carbocycles. The molecule has 4 nitrogen and oxygen atoms in total. The fourth-order valence-corrected chi connectivity index (χ4v) is 2.15. The number of hydrogen-bond acceptors (Lipinski definition) is 2. The van der Waals surface area contributed by atoms with Gasteiger partial charge in [-0.25, -0.2) is 0 Å². The van der Waals surface area contributed by atoms with E-state index in [1.807, 2.05) is 6.07 Å². The number of nitrogens with zero attached hydrogens (tertiary/aromatic N) is 2. The molecule has 4 heteroatoms. The van der Waals surface area contributed by atoms with E-state index in [9.17, 15) is 0 Å². The summed E-state index contributed by atoms with van der Waals surface area (Å²) in [5, 5.41) is 0. The molecular weight excluding hydrogens is 238 g/mol. The van der Waals surface area contributed by atoms with Gasteiger partial charge < -0.3 is 15.4 Å². The van der Waals surface area contributed by atoms with Crippen molar-refractivity contribution in [2.75, 3.05) is 32.8 Å². The van der Waals surface area contributed by atoms with Gasteiger partial charge in [-0.2, -0.15) is 0 Å². The van der Waals surface area contributed by atoms with Crippen LogP contribution in [-0.4, -0.2) is 43.7 Å². The average molecular weight is 261 g/mol. The monoisotopic (exact) mass is 261 g/mol. The van der Waals surface area contributed by atoms with Crippen molar-refractivity contribution in [3.05, 3.63) is 35.9 Å². The number of benzene rings is 1. The van der Waals surface area contributed by atoms with Crippen LogP contribution in [0.5, 0.6) is 0 Å². The second-order valence-corrected chi connectivity index (χ2v) is 5.52. The minimum absolute atomic E-state index is 0.00182. The lowest BCUT2D eigenvalue weighted by molar-refractivity contribution is 0.0674. The van der Waals surface area contributed by atoms with Crippen LogP contribution in [0.2, 0.25) is 0 Å². The molecule has 104 valence electrons. The van der Waals surface area contributed by atoms with Crippen molar-refractivity contribution in [3.63, 3.8) is 0 Å². The van der Waals surface area contributed by atoms with Gasteiger partial charge in [0.2, 0.25) is 0 Å². The van der Waals surface area contributed by atoms with Crippen molar-refractivity contribution in [2.24, 2.45) is 10.7 Å². The number of hydrogen-bond donors (Lipinski definition) is 1. The lowest BCUT2D eigenvalue weighted by atomic mass is 9.85. The van der Waals surface area contributed by atoms with Gasteiger partial charge >= 0.3 is 0 Å². The summed E-state index contributed by atoms with van der Waals surface area (Å²) in [6.07, 6.45) is 0. The normalized spacial score (nSPS) is 17.6. The molecule has 1 aliphatic rings. The molecule has 0 atom stereocenters. The maximum Gasteiger partial charge on any atom is 0.191 e. The zero-order valence-electron chi connectivity index (χ0n) is 11.8. The standard InChI is InChI=1S/C15H23N3O/c1-15(2,13-6-4-3-5-7-13)12-17-14(16)18-8-10-19-11-9-18/h3-7H,8-12H2,1-2H3,(H2,16,17). The topological polar surface area (TPSA) is 50.8 Å². The lowest BCUT2D eigenvalue weighted by Gasteiger charge is -2.29. The van der Waals surface area contributed by atoms with Crippen molar-refractivity contribution in [1.82, 2.24) is 4.90 Å². The van der Waals surface area contributed by atoms with Gasteiger partial charge in [-0.15, -0.1) is 0 Å². The highest BCUT2D eigenvalue weighted by Crippen LogP contribution is 2.23. The van der Waals surface area contributed by atoms with Crippen molar-refractivity contribution >= 4 is 5.96 Å². The summed E-state index contributed by atoms with van der Waals surface area (Å²) >= 11 is 0. The third-order valence-corrected chi connectivity index (χ3v) is 3.53. The number of morpholine rings is 1. The Morgan fingerprint density at radius 3 is 2.53 bits per heavy atom. The molecule has 1 aromatic carbocycles. The molecule has 0 bridgehead atoms. The second-order valence-electron chi connectivity index (χ2n) is 5.52. The lowest BCUT2D eigenvalue weighted by Crippen LogP contribution is -2.45. The van der Waals surface area contributed by atoms with Gasteiger partial charge in [0.15, 0.2) is 5.96 Å². The first-order valence-electron chi connectivity index (χ1n) is 6.78. The largest absolute Gasteiger partial charge is 0.378 e. The molecule has 1 fully saturated rings. The fraction of sp³-hybridized carbons (Fsp3) is 0.533. The number of ether oxygens (including phenoxy) is 1. The fourth-order valence-electron chi connectivity index (χ4n) is 2.15. The van der Waals surface area contributed by atoms with Crippen LogP contribution in [0.15, 0.2) is 35.3 Å². The summed E-state index contributed by atoms with van der Waals surface area (Å²) in [6, 6.07) is 10.4. The minimum atomic E-state index is -0.00182. The molecule has 0 radical (unpaired) electrons. The molecule has 1 heterocycles. The Morgan fingerprint density at radius 1 is 1.26 bits per heavy atom. The van der Waals surface area contributed by atoms with E-state index in [4.69, 9.17) is 10.5 Å². The van der Waals surface area contributed by atoms with Crippen molar-refractivity contribution in [3.8, 4) is 0 Å². The quantitative estimate of drug-likeness (QED) is 0.664. The molecule has 0 saturated carbocycles. The smallest absolute Gasteiger partial charge is 0.191 e. The van der Waals surface area contributed by atoms with Crippen LogP contribution in [0.25, 0.3) is 0 Å². The van der Waals surface area contributed by atoms with Gasteiger partial charge in [0.05, 0.1) is 19.8 Å². The third kappa shape index (κ3) is 3.70. The predicted molar refractivity (Wildman–Crippen MR) is 78.3 cm³/mol. The third-order valence-electron chi connectivity index (χ3n) is 3.53. The highest BCUT2D eigenvalue weighted by atomic mass is 16.5. The molecular formula is C15H23N3O. The molecule has 1 saturated heterocycles. The van der Waals surface area contributed by atoms with Gasteiger partial charge in [-0.1, -0.05) is 44.2 Å².